The van der Waals surface area contributed by atoms with Crippen LogP contribution < -0.4 is 0 Å². The summed E-state index contributed by atoms with van der Waals surface area (Å²) in [5, 5.41) is 0. The molecular formula is C11H20BrNO. The number of alkyl halides is 1. The summed E-state index contributed by atoms with van der Waals surface area (Å²) in [5.74, 6) is 0.199. The van der Waals surface area contributed by atoms with E-state index in [1.807, 2.05) is 25.8 Å². The zero-order valence-electron chi connectivity index (χ0n) is 9.35. The van der Waals surface area contributed by atoms with Crippen molar-refractivity contribution in [2.45, 2.75) is 56.3 Å². The fraction of sp³-hybridized carbons (Fsp3) is 0.909. The summed E-state index contributed by atoms with van der Waals surface area (Å²) >= 11 is 3.42. The lowest BCUT2D eigenvalue weighted by atomic mass is 9.94. The summed E-state index contributed by atoms with van der Waals surface area (Å²) in [6, 6.07) is 0.466. The van der Waals surface area contributed by atoms with E-state index in [0.717, 1.165) is 0 Å². The second kappa shape index (κ2) is 4.65. The van der Waals surface area contributed by atoms with Crippen LogP contribution in [0.25, 0.3) is 0 Å². The summed E-state index contributed by atoms with van der Waals surface area (Å²) in [4.78, 5) is 13.9. The van der Waals surface area contributed by atoms with E-state index in [1.54, 1.807) is 0 Å². The van der Waals surface area contributed by atoms with E-state index in [9.17, 15) is 4.79 Å². The van der Waals surface area contributed by atoms with Gasteiger partial charge in [0.15, 0.2) is 0 Å². The van der Waals surface area contributed by atoms with Crippen LogP contribution in [-0.2, 0) is 4.79 Å². The molecule has 0 radical (unpaired) electrons. The largest absolute Gasteiger partial charge is 0.342 e. The number of hydrogen-bond donors (Lipinski definition) is 0. The Kier molecular flexibility index (Phi) is 3.99. The van der Waals surface area contributed by atoms with E-state index in [4.69, 9.17) is 0 Å². The SMILES string of the molecule is CN(C(=O)C(C)(C)Br)C1CCCCC1. The van der Waals surface area contributed by atoms with E-state index < -0.39 is 4.32 Å². The maximum absolute atomic E-state index is 11.9. The van der Waals surface area contributed by atoms with Gasteiger partial charge in [-0.15, -0.1) is 0 Å². The molecule has 1 aliphatic carbocycles. The first-order valence-electron chi connectivity index (χ1n) is 5.39. The first kappa shape index (κ1) is 12.0. The third-order valence-corrected chi connectivity index (χ3v) is 3.29. The van der Waals surface area contributed by atoms with Crippen molar-refractivity contribution in [2.24, 2.45) is 0 Å². The molecule has 3 heteroatoms. The van der Waals surface area contributed by atoms with Crippen LogP contribution in [0.2, 0.25) is 0 Å². The predicted molar refractivity (Wildman–Crippen MR) is 62.6 cm³/mol. The second-order valence-corrected chi connectivity index (χ2v) is 6.66. The molecule has 14 heavy (non-hydrogen) atoms. The molecule has 0 aromatic carbocycles. The van der Waals surface area contributed by atoms with Gasteiger partial charge in [0.05, 0.1) is 4.32 Å². The Morgan fingerprint density at radius 2 is 1.79 bits per heavy atom. The van der Waals surface area contributed by atoms with Gasteiger partial charge >= 0.3 is 0 Å². The molecule has 0 aromatic heterocycles. The molecule has 0 atom stereocenters. The average Bonchev–Trinajstić information content (AvgIpc) is 2.15. The molecule has 1 amide bonds. The number of halogens is 1. The van der Waals surface area contributed by atoms with Gasteiger partial charge < -0.3 is 4.90 Å². The maximum Gasteiger partial charge on any atom is 0.238 e. The van der Waals surface area contributed by atoms with Gasteiger partial charge in [0.25, 0.3) is 0 Å². The molecule has 0 aromatic rings. The van der Waals surface area contributed by atoms with Crippen LogP contribution >= 0.6 is 15.9 Å². The monoisotopic (exact) mass is 261 g/mol. The summed E-state index contributed by atoms with van der Waals surface area (Å²) in [6.45, 7) is 3.82. The van der Waals surface area contributed by atoms with Crippen molar-refractivity contribution in [3.05, 3.63) is 0 Å². The minimum absolute atomic E-state index is 0.199. The van der Waals surface area contributed by atoms with Gasteiger partial charge in [0.1, 0.15) is 0 Å². The molecule has 1 aliphatic rings. The van der Waals surface area contributed by atoms with E-state index in [0.29, 0.717) is 6.04 Å². The molecule has 2 nitrogen and oxygen atoms in total. The summed E-state index contributed by atoms with van der Waals surface area (Å²) in [6.07, 6.45) is 6.21. The molecule has 0 heterocycles. The van der Waals surface area contributed by atoms with Crippen LogP contribution in [0.1, 0.15) is 46.0 Å². The van der Waals surface area contributed by atoms with Crippen LogP contribution in [0.4, 0.5) is 0 Å². The minimum atomic E-state index is -0.417. The van der Waals surface area contributed by atoms with Crippen LogP contribution in [0, 0.1) is 0 Å². The van der Waals surface area contributed by atoms with Crippen molar-refractivity contribution in [3.8, 4) is 0 Å². The molecule has 1 saturated carbocycles. The molecule has 0 unspecified atom stereocenters. The summed E-state index contributed by atoms with van der Waals surface area (Å²) < 4.78 is -0.417. The number of carbonyl (C=O) groups is 1. The van der Waals surface area contributed by atoms with Gasteiger partial charge in [-0.25, -0.2) is 0 Å². The van der Waals surface area contributed by atoms with Gasteiger partial charge in [-0.05, 0) is 26.7 Å². The van der Waals surface area contributed by atoms with Gasteiger partial charge in [0, 0.05) is 13.1 Å². The summed E-state index contributed by atoms with van der Waals surface area (Å²) in [5.41, 5.74) is 0. The smallest absolute Gasteiger partial charge is 0.238 e. The maximum atomic E-state index is 11.9. The highest BCUT2D eigenvalue weighted by molar-refractivity contribution is 9.10. The standard InChI is InChI=1S/C11H20BrNO/c1-11(2,12)10(14)13(3)9-7-5-4-6-8-9/h9H,4-8H2,1-3H3. The third-order valence-electron chi connectivity index (χ3n) is 2.95. The van der Waals surface area contributed by atoms with Crippen molar-refractivity contribution in [1.29, 1.82) is 0 Å². The first-order valence-corrected chi connectivity index (χ1v) is 6.18. The zero-order valence-corrected chi connectivity index (χ0v) is 10.9. The van der Waals surface area contributed by atoms with Gasteiger partial charge in [-0.3, -0.25) is 4.79 Å². The molecular weight excluding hydrogens is 242 g/mol. The number of carbonyl (C=O) groups excluding carboxylic acids is 1. The van der Waals surface area contributed by atoms with Crippen LogP contribution in [0.15, 0.2) is 0 Å². The van der Waals surface area contributed by atoms with Crippen molar-refractivity contribution >= 4 is 21.8 Å². The molecule has 0 aliphatic heterocycles. The predicted octanol–water partition coefficient (Wildman–Crippen LogP) is 2.95. The Hall–Kier alpha value is -0.0500. The average molecular weight is 262 g/mol. The lowest BCUT2D eigenvalue weighted by molar-refractivity contribution is -0.134. The van der Waals surface area contributed by atoms with Crippen LogP contribution in [-0.4, -0.2) is 28.2 Å². The topological polar surface area (TPSA) is 20.3 Å². The Balaban J connectivity index is 2.55. The highest BCUT2D eigenvalue weighted by Gasteiger charge is 2.31. The van der Waals surface area contributed by atoms with Crippen LogP contribution in [0.3, 0.4) is 0 Å². The van der Waals surface area contributed by atoms with E-state index >= 15 is 0 Å². The molecule has 0 N–H and O–H groups in total. The normalized spacial score (nSPS) is 19.4. The molecule has 0 bridgehead atoms. The van der Waals surface area contributed by atoms with E-state index in [-0.39, 0.29) is 5.91 Å². The molecule has 1 rings (SSSR count). The van der Waals surface area contributed by atoms with Gasteiger partial charge in [-0.1, -0.05) is 35.2 Å². The van der Waals surface area contributed by atoms with Gasteiger partial charge in [0.2, 0.25) is 5.91 Å². The van der Waals surface area contributed by atoms with Crippen LogP contribution in [0.5, 0.6) is 0 Å². The number of nitrogens with zero attached hydrogens (tertiary/aromatic N) is 1. The lowest BCUT2D eigenvalue weighted by Gasteiger charge is -2.34. The Bertz CT molecular complexity index is 204. The molecule has 82 valence electrons. The Labute approximate surface area is 95.2 Å². The minimum Gasteiger partial charge on any atom is -0.342 e. The fourth-order valence-corrected chi connectivity index (χ4v) is 2.33. The summed E-state index contributed by atoms with van der Waals surface area (Å²) in [7, 11) is 1.93. The Morgan fingerprint density at radius 3 is 2.21 bits per heavy atom. The van der Waals surface area contributed by atoms with Crippen molar-refractivity contribution < 1.29 is 4.79 Å². The number of amides is 1. The Morgan fingerprint density at radius 1 is 1.29 bits per heavy atom. The van der Waals surface area contributed by atoms with E-state index in [1.165, 1.54) is 32.1 Å². The lowest BCUT2D eigenvalue weighted by Crippen LogP contribution is -2.45. The number of hydrogen-bond acceptors (Lipinski definition) is 1. The number of rotatable bonds is 2. The fourth-order valence-electron chi connectivity index (χ4n) is 2.05. The third kappa shape index (κ3) is 2.97. The van der Waals surface area contributed by atoms with Crippen molar-refractivity contribution in [3.63, 3.8) is 0 Å². The zero-order chi connectivity index (χ0) is 10.8. The second-order valence-electron chi connectivity index (χ2n) is 4.68. The van der Waals surface area contributed by atoms with Crippen molar-refractivity contribution in [2.75, 3.05) is 7.05 Å². The molecule has 0 saturated heterocycles. The van der Waals surface area contributed by atoms with Crippen molar-refractivity contribution in [1.82, 2.24) is 4.90 Å². The van der Waals surface area contributed by atoms with Gasteiger partial charge in [-0.2, -0.15) is 0 Å². The molecule has 0 spiro atoms. The first-order chi connectivity index (χ1) is 6.43. The molecule has 1 fully saturated rings. The quantitative estimate of drug-likeness (QED) is 0.701. The highest BCUT2D eigenvalue weighted by atomic mass is 79.9. The highest BCUT2D eigenvalue weighted by Crippen LogP contribution is 2.26. The van der Waals surface area contributed by atoms with E-state index in [2.05, 4.69) is 15.9 Å².